The van der Waals surface area contributed by atoms with Gasteiger partial charge in [-0.3, -0.25) is 19.5 Å². The number of carbonyl (C=O) groups excluding carboxylic acids is 1. The Balaban J connectivity index is 1.90. The van der Waals surface area contributed by atoms with E-state index in [1.54, 1.807) is 29.4 Å². The summed E-state index contributed by atoms with van der Waals surface area (Å²) < 4.78 is 0. The molecule has 0 atom stereocenters. The highest BCUT2D eigenvalue weighted by molar-refractivity contribution is 5.94. The molecule has 0 bridgehead atoms. The van der Waals surface area contributed by atoms with E-state index in [0.29, 0.717) is 31.7 Å². The Morgan fingerprint density at radius 2 is 1.78 bits per heavy atom. The van der Waals surface area contributed by atoms with Crippen LogP contribution in [-0.2, 0) is 4.79 Å². The number of amides is 1. The van der Waals surface area contributed by atoms with Gasteiger partial charge in [0.1, 0.15) is 0 Å². The standard InChI is InChI=1S/C12H15N3O3/c16-11(17)9-14-5-7-15(8-6-14)12(18)10-1-3-13-4-2-10/h1-4H,5-9H2,(H,16,17). The Hall–Kier alpha value is -1.95. The van der Waals surface area contributed by atoms with Crippen LogP contribution in [0.4, 0.5) is 0 Å². The molecule has 1 aromatic heterocycles. The number of rotatable bonds is 3. The van der Waals surface area contributed by atoms with Gasteiger partial charge in [-0.2, -0.15) is 0 Å². The number of hydrogen-bond acceptors (Lipinski definition) is 4. The molecule has 1 fully saturated rings. The summed E-state index contributed by atoms with van der Waals surface area (Å²) in [5.74, 6) is -0.851. The van der Waals surface area contributed by atoms with E-state index in [-0.39, 0.29) is 12.5 Å². The zero-order valence-corrected chi connectivity index (χ0v) is 9.95. The van der Waals surface area contributed by atoms with Gasteiger partial charge in [0.05, 0.1) is 6.54 Å². The van der Waals surface area contributed by atoms with Crippen molar-refractivity contribution in [2.75, 3.05) is 32.7 Å². The van der Waals surface area contributed by atoms with E-state index in [1.165, 1.54) is 0 Å². The first-order chi connectivity index (χ1) is 8.66. The van der Waals surface area contributed by atoms with Gasteiger partial charge in [-0.1, -0.05) is 0 Å². The van der Waals surface area contributed by atoms with Crippen LogP contribution < -0.4 is 0 Å². The molecule has 2 rings (SSSR count). The van der Waals surface area contributed by atoms with Crippen LogP contribution in [0.1, 0.15) is 10.4 Å². The number of pyridine rings is 1. The van der Waals surface area contributed by atoms with Crippen molar-refractivity contribution < 1.29 is 14.7 Å². The van der Waals surface area contributed by atoms with Gasteiger partial charge in [-0.05, 0) is 12.1 Å². The molecular weight excluding hydrogens is 234 g/mol. The average molecular weight is 249 g/mol. The molecule has 0 spiro atoms. The Morgan fingerprint density at radius 1 is 1.17 bits per heavy atom. The number of carbonyl (C=O) groups is 2. The summed E-state index contributed by atoms with van der Waals surface area (Å²) in [4.78, 5) is 30.1. The molecule has 0 radical (unpaired) electrons. The molecule has 6 nitrogen and oxygen atoms in total. The fraction of sp³-hybridized carbons (Fsp3) is 0.417. The number of nitrogens with zero attached hydrogens (tertiary/aromatic N) is 3. The third kappa shape index (κ3) is 3.04. The number of piperazine rings is 1. The summed E-state index contributed by atoms with van der Waals surface area (Å²) in [6.07, 6.45) is 3.18. The largest absolute Gasteiger partial charge is 0.480 e. The highest BCUT2D eigenvalue weighted by Crippen LogP contribution is 2.07. The monoisotopic (exact) mass is 249 g/mol. The van der Waals surface area contributed by atoms with Crippen molar-refractivity contribution in [2.24, 2.45) is 0 Å². The predicted molar refractivity (Wildman–Crippen MR) is 64.2 cm³/mol. The normalized spacial score (nSPS) is 16.6. The Kier molecular flexibility index (Phi) is 3.88. The molecule has 2 heterocycles. The number of aromatic nitrogens is 1. The van der Waals surface area contributed by atoms with Gasteiger partial charge in [0.25, 0.3) is 5.91 Å². The van der Waals surface area contributed by atoms with Crippen molar-refractivity contribution in [3.05, 3.63) is 30.1 Å². The maximum atomic E-state index is 12.1. The van der Waals surface area contributed by atoms with E-state index in [2.05, 4.69) is 4.98 Å². The maximum absolute atomic E-state index is 12.1. The number of carboxylic acid groups (broad SMARTS) is 1. The number of aliphatic carboxylic acids is 1. The van der Waals surface area contributed by atoms with Gasteiger partial charge in [-0.15, -0.1) is 0 Å². The minimum absolute atomic E-state index is 0.0209. The first-order valence-corrected chi connectivity index (χ1v) is 5.80. The minimum atomic E-state index is -0.830. The van der Waals surface area contributed by atoms with Crippen LogP contribution in [-0.4, -0.2) is 64.5 Å². The van der Waals surface area contributed by atoms with Gasteiger partial charge in [0.2, 0.25) is 0 Å². The molecule has 18 heavy (non-hydrogen) atoms. The molecule has 1 N–H and O–H groups in total. The molecule has 0 saturated carbocycles. The maximum Gasteiger partial charge on any atom is 0.317 e. The van der Waals surface area contributed by atoms with Crippen molar-refractivity contribution >= 4 is 11.9 Å². The molecule has 1 aromatic rings. The van der Waals surface area contributed by atoms with Gasteiger partial charge in [0, 0.05) is 44.1 Å². The smallest absolute Gasteiger partial charge is 0.317 e. The lowest BCUT2D eigenvalue weighted by Gasteiger charge is -2.33. The van der Waals surface area contributed by atoms with Crippen molar-refractivity contribution in [2.45, 2.75) is 0 Å². The first kappa shape index (κ1) is 12.5. The van der Waals surface area contributed by atoms with E-state index in [9.17, 15) is 9.59 Å². The fourth-order valence-corrected chi connectivity index (χ4v) is 1.98. The van der Waals surface area contributed by atoms with Gasteiger partial charge < -0.3 is 10.0 Å². The summed E-state index contributed by atoms with van der Waals surface area (Å²) in [7, 11) is 0. The van der Waals surface area contributed by atoms with E-state index in [1.807, 2.05) is 4.90 Å². The van der Waals surface area contributed by atoms with E-state index >= 15 is 0 Å². The highest BCUT2D eigenvalue weighted by atomic mass is 16.4. The third-order valence-electron chi connectivity index (χ3n) is 2.95. The van der Waals surface area contributed by atoms with Crippen LogP contribution in [0.5, 0.6) is 0 Å². The van der Waals surface area contributed by atoms with E-state index < -0.39 is 5.97 Å². The van der Waals surface area contributed by atoms with E-state index in [4.69, 9.17) is 5.11 Å². The van der Waals surface area contributed by atoms with Crippen LogP contribution in [0, 0.1) is 0 Å². The van der Waals surface area contributed by atoms with Crippen molar-refractivity contribution in [3.63, 3.8) is 0 Å². The highest BCUT2D eigenvalue weighted by Gasteiger charge is 2.22. The van der Waals surface area contributed by atoms with Crippen LogP contribution >= 0.6 is 0 Å². The van der Waals surface area contributed by atoms with Crippen molar-refractivity contribution in [3.8, 4) is 0 Å². The molecule has 6 heteroatoms. The Bertz CT molecular complexity index is 427. The van der Waals surface area contributed by atoms with Gasteiger partial charge in [0.15, 0.2) is 0 Å². The lowest BCUT2D eigenvalue weighted by Crippen LogP contribution is -2.49. The van der Waals surface area contributed by atoms with Gasteiger partial charge >= 0.3 is 5.97 Å². The van der Waals surface area contributed by atoms with Gasteiger partial charge in [-0.25, -0.2) is 0 Å². The molecular formula is C12H15N3O3. The summed E-state index contributed by atoms with van der Waals surface area (Å²) in [5.41, 5.74) is 0.622. The Labute approximate surface area is 105 Å². The van der Waals surface area contributed by atoms with Crippen LogP contribution in [0.15, 0.2) is 24.5 Å². The lowest BCUT2D eigenvalue weighted by atomic mass is 10.2. The fourth-order valence-electron chi connectivity index (χ4n) is 1.98. The average Bonchev–Trinajstić information content (AvgIpc) is 2.39. The molecule has 96 valence electrons. The third-order valence-corrected chi connectivity index (χ3v) is 2.95. The van der Waals surface area contributed by atoms with Crippen molar-refractivity contribution in [1.82, 2.24) is 14.8 Å². The lowest BCUT2D eigenvalue weighted by molar-refractivity contribution is -0.138. The first-order valence-electron chi connectivity index (χ1n) is 5.80. The number of carboxylic acids is 1. The van der Waals surface area contributed by atoms with Crippen LogP contribution in [0.2, 0.25) is 0 Å². The Morgan fingerprint density at radius 3 is 2.33 bits per heavy atom. The molecule has 0 unspecified atom stereocenters. The predicted octanol–water partition coefficient (Wildman–Crippen LogP) is -0.0760. The van der Waals surface area contributed by atoms with Crippen LogP contribution in [0.3, 0.4) is 0 Å². The quantitative estimate of drug-likeness (QED) is 0.811. The topological polar surface area (TPSA) is 73.7 Å². The summed E-state index contributed by atoms with van der Waals surface area (Å²) in [6.45, 7) is 2.37. The second-order valence-electron chi connectivity index (χ2n) is 4.20. The number of hydrogen-bond donors (Lipinski definition) is 1. The zero-order chi connectivity index (χ0) is 13.0. The molecule has 0 aliphatic carbocycles. The summed E-state index contributed by atoms with van der Waals surface area (Å²) >= 11 is 0. The van der Waals surface area contributed by atoms with Crippen LogP contribution in [0.25, 0.3) is 0 Å². The molecule has 1 saturated heterocycles. The van der Waals surface area contributed by atoms with Crippen molar-refractivity contribution in [1.29, 1.82) is 0 Å². The molecule has 0 aromatic carbocycles. The molecule has 1 aliphatic rings. The zero-order valence-electron chi connectivity index (χ0n) is 9.95. The summed E-state index contributed by atoms with van der Waals surface area (Å²) in [5, 5.41) is 8.69. The van der Waals surface area contributed by atoms with E-state index in [0.717, 1.165) is 0 Å². The second kappa shape index (κ2) is 5.59. The summed E-state index contributed by atoms with van der Waals surface area (Å²) in [6, 6.07) is 3.37. The molecule has 1 amide bonds. The minimum Gasteiger partial charge on any atom is -0.480 e. The molecule has 1 aliphatic heterocycles. The SMILES string of the molecule is O=C(O)CN1CCN(C(=O)c2ccncc2)CC1. The second-order valence-corrected chi connectivity index (χ2v) is 4.20.